The summed E-state index contributed by atoms with van der Waals surface area (Å²) in [5.74, 6) is 2.04. The highest BCUT2D eigenvalue weighted by Gasteiger charge is 2.10. The van der Waals surface area contributed by atoms with Gasteiger partial charge in [0.1, 0.15) is 0 Å². The van der Waals surface area contributed by atoms with Crippen LogP contribution in [0.25, 0.3) is 0 Å². The first-order valence-corrected chi connectivity index (χ1v) is 6.51. The Balaban J connectivity index is 2.29. The SMILES string of the molecule is CN(CS)c1ccc2c(c1)CCCS2. The first-order chi connectivity index (χ1) is 6.81. The molecule has 1 heterocycles. The quantitative estimate of drug-likeness (QED) is 0.609. The number of hydrogen-bond donors (Lipinski definition) is 1. The van der Waals surface area contributed by atoms with Gasteiger partial charge in [-0.15, -0.1) is 11.8 Å². The molecule has 14 heavy (non-hydrogen) atoms. The smallest absolute Gasteiger partial charge is 0.0606 e. The van der Waals surface area contributed by atoms with Gasteiger partial charge < -0.3 is 4.90 Å². The van der Waals surface area contributed by atoms with Crippen molar-refractivity contribution in [2.45, 2.75) is 17.7 Å². The van der Waals surface area contributed by atoms with Gasteiger partial charge in [-0.05, 0) is 42.4 Å². The summed E-state index contributed by atoms with van der Waals surface area (Å²) in [7, 11) is 2.07. The second-order valence-corrected chi connectivity index (χ2v) is 5.00. The van der Waals surface area contributed by atoms with E-state index in [0.717, 1.165) is 5.88 Å². The van der Waals surface area contributed by atoms with E-state index in [9.17, 15) is 0 Å². The molecule has 1 aliphatic heterocycles. The zero-order chi connectivity index (χ0) is 9.97. The Hall–Kier alpha value is -0.280. The number of aryl methyl sites for hydroxylation is 1. The van der Waals surface area contributed by atoms with Crippen molar-refractivity contribution in [2.24, 2.45) is 0 Å². The van der Waals surface area contributed by atoms with Gasteiger partial charge in [-0.1, -0.05) is 0 Å². The van der Waals surface area contributed by atoms with Gasteiger partial charge in [0.25, 0.3) is 0 Å². The Bertz CT molecular complexity index is 325. The molecule has 0 aromatic heterocycles. The minimum Gasteiger partial charge on any atom is -0.366 e. The van der Waals surface area contributed by atoms with Gasteiger partial charge in [-0.3, -0.25) is 0 Å². The summed E-state index contributed by atoms with van der Waals surface area (Å²) in [6.45, 7) is 0. The molecule has 0 spiro atoms. The molecule has 0 bridgehead atoms. The molecular weight excluding hydrogens is 210 g/mol. The normalized spacial score (nSPS) is 15.0. The number of benzene rings is 1. The monoisotopic (exact) mass is 225 g/mol. The number of thioether (sulfide) groups is 1. The maximum atomic E-state index is 4.27. The van der Waals surface area contributed by atoms with E-state index in [1.165, 1.54) is 34.7 Å². The Kier molecular flexibility index (Phi) is 3.29. The van der Waals surface area contributed by atoms with Gasteiger partial charge in [0, 0.05) is 17.6 Å². The molecule has 0 atom stereocenters. The minimum absolute atomic E-state index is 0.770. The lowest BCUT2D eigenvalue weighted by molar-refractivity contribution is 0.887. The van der Waals surface area contributed by atoms with Gasteiger partial charge >= 0.3 is 0 Å². The maximum absolute atomic E-state index is 4.27. The first-order valence-electron chi connectivity index (χ1n) is 4.89. The molecule has 1 aromatic rings. The fourth-order valence-electron chi connectivity index (χ4n) is 1.67. The number of fused-ring (bicyclic) bond motifs is 1. The van der Waals surface area contributed by atoms with E-state index in [1.807, 2.05) is 11.8 Å². The zero-order valence-electron chi connectivity index (χ0n) is 8.36. The van der Waals surface area contributed by atoms with Gasteiger partial charge in [0.2, 0.25) is 0 Å². The Labute approximate surface area is 95.3 Å². The minimum atomic E-state index is 0.770. The lowest BCUT2D eigenvalue weighted by Crippen LogP contribution is -2.14. The summed E-state index contributed by atoms with van der Waals surface area (Å²) < 4.78 is 0. The molecule has 1 aromatic carbocycles. The molecule has 0 saturated heterocycles. The van der Waals surface area contributed by atoms with Crippen LogP contribution in [0.5, 0.6) is 0 Å². The summed E-state index contributed by atoms with van der Waals surface area (Å²) in [6, 6.07) is 6.74. The highest BCUT2D eigenvalue weighted by atomic mass is 32.2. The predicted octanol–water partition coefficient (Wildman–Crippen LogP) is 3.05. The predicted molar refractivity (Wildman–Crippen MR) is 67.7 cm³/mol. The van der Waals surface area contributed by atoms with Crippen molar-refractivity contribution < 1.29 is 0 Å². The third-order valence-corrected chi connectivity index (χ3v) is 4.17. The van der Waals surface area contributed by atoms with Crippen LogP contribution in [0.15, 0.2) is 23.1 Å². The number of anilines is 1. The van der Waals surface area contributed by atoms with Crippen LogP contribution in [0.2, 0.25) is 0 Å². The molecular formula is C11H15NS2. The maximum Gasteiger partial charge on any atom is 0.0606 e. The van der Waals surface area contributed by atoms with Crippen molar-refractivity contribution in [3.05, 3.63) is 23.8 Å². The fourth-order valence-corrected chi connectivity index (χ4v) is 2.85. The zero-order valence-corrected chi connectivity index (χ0v) is 10.1. The van der Waals surface area contributed by atoms with E-state index in [4.69, 9.17) is 0 Å². The molecule has 3 heteroatoms. The van der Waals surface area contributed by atoms with Crippen molar-refractivity contribution in [1.29, 1.82) is 0 Å². The molecule has 76 valence electrons. The highest BCUT2D eigenvalue weighted by molar-refractivity contribution is 7.99. The van der Waals surface area contributed by atoms with E-state index < -0.39 is 0 Å². The molecule has 0 amide bonds. The standard InChI is InChI=1S/C11H15NS2/c1-12(8-13)10-4-5-11-9(7-10)3-2-6-14-11/h4-5,7,13H,2-3,6,8H2,1H3. The van der Waals surface area contributed by atoms with Gasteiger partial charge in [0.05, 0.1) is 5.88 Å². The Morgan fingerprint density at radius 1 is 1.50 bits per heavy atom. The van der Waals surface area contributed by atoms with Crippen LogP contribution in [-0.2, 0) is 6.42 Å². The summed E-state index contributed by atoms with van der Waals surface area (Å²) in [4.78, 5) is 3.62. The van der Waals surface area contributed by atoms with Gasteiger partial charge in [-0.2, -0.15) is 12.6 Å². The Morgan fingerprint density at radius 3 is 3.14 bits per heavy atom. The average Bonchev–Trinajstić information content (AvgIpc) is 2.27. The van der Waals surface area contributed by atoms with Crippen molar-refractivity contribution in [1.82, 2.24) is 0 Å². The second kappa shape index (κ2) is 4.49. The largest absolute Gasteiger partial charge is 0.366 e. The van der Waals surface area contributed by atoms with Gasteiger partial charge in [0.15, 0.2) is 0 Å². The van der Waals surface area contributed by atoms with Gasteiger partial charge in [-0.25, -0.2) is 0 Å². The number of nitrogens with zero attached hydrogens (tertiary/aromatic N) is 1. The van der Waals surface area contributed by atoms with E-state index in [2.05, 4.69) is 42.8 Å². The van der Waals surface area contributed by atoms with Crippen molar-refractivity contribution in [3.8, 4) is 0 Å². The van der Waals surface area contributed by atoms with Crippen LogP contribution >= 0.6 is 24.4 Å². The Morgan fingerprint density at radius 2 is 2.36 bits per heavy atom. The van der Waals surface area contributed by atoms with E-state index in [0.29, 0.717) is 0 Å². The third-order valence-electron chi connectivity index (χ3n) is 2.54. The summed E-state index contributed by atoms with van der Waals surface area (Å²) >= 11 is 6.25. The molecule has 0 radical (unpaired) electrons. The summed E-state index contributed by atoms with van der Waals surface area (Å²) in [5.41, 5.74) is 2.79. The number of rotatable bonds is 2. The summed E-state index contributed by atoms with van der Waals surface area (Å²) in [6.07, 6.45) is 2.54. The lowest BCUT2D eigenvalue weighted by atomic mass is 10.1. The molecule has 0 fully saturated rings. The molecule has 0 aliphatic carbocycles. The van der Waals surface area contributed by atoms with Crippen LogP contribution in [0.4, 0.5) is 5.69 Å². The van der Waals surface area contributed by atoms with Crippen LogP contribution in [0.3, 0.4) is 0 Å². The third kappa shape index (κ3) is 2.04. The van der Waals surface area contributed by atoms with Crippen LogP contribution in [-0.4, -0.2) is 18.7 Å². The highest BCUT2D eigenvalue weighted by Crippen LogP contribution is 2.32. The number of hydrogen-bond acceptors (Lipinski definition) is 3. The van der Waals surface area contributed by atoms with Crippen LogP contribution in [0.1, 0.15) is 12.0 Å². The van der Waals surface area contributed by atoms with E-state index >= 15 is 0 Å². The molecule has 2 rings (SSSR count). The van der Waals surface area contributed by atoms with Crippen molar-refractivity contribution in [3.63, 3.8) is 0 Å². The fraction of sp³-hybridized carbons (Fsp3) is 0.455. The average molecular weight is 225 g/mol. The van der Waals surface area contributed by atoms with E-state index in [-0.39, 0.29) is 0 Å². The molecule has 0 N–H and O–H groups in total. The topological polar surface area (TPSA) is 3.24 Å². The molecule has 1 nitrogen and oxygen atoms in total. The molecule has 0 unspecified atom stereocenters. The first kappa shape index (κ1) is 10.2. The van der Waals surface area contributed by atoms with Crippen LogP contribution < -0.4 is 4.90 Å². The molecule has 0 saturated carbocycles. The number of thiol groups is 1. The summed E-state index contributed by atoms with van der Waals surface area (Å²) in [5, 5.41) is 0. The van der Waals surface area contributed by atoms with Crippen molar-refractivity contribution in [2.75, 3.05) is 23.6 Å². The second-order valence-electron chi connectivity index (χ2n) is 3.58. The van der Waals surface area contributed by atoms with Crippen LogP contribution in [0, 0.1) is 0 Å². The van der Waals surface area contributed by atoms with E-state index in [1.54, 1.807) is 0 Å². The molecule has 1 aliphatic rings. The lowest BCUT2D eigenvalue weighted by Gasteiger charge is -2.21. The van der Waals surface area contributed by atoms with Crippen molar-refractivity contribution >= 4 is 30.1 Å².